The van der Waals surface area contributed by atoms with E-state index in [1.165, 1.54) is 0 Å². The Morgan fingerprint density at radius 2 is 2.29 bits per heavy atom. The number of nitrogens with zero attached hydrogens (tertiary/aromatic N) is 1. The minimum absolute atomic E-state index is 0.0855. The lowest BCUT2D eigenvalue weighted by molar-refractivity contribution is -0.0864. The molecule has 0 saturated carbocycles. The number of hydrogen-bond donors (Lipinski definition) is 1. The molecule has 0 aliphatic carbocycles. The summed E-state index contributed by atoms with van der Waals surface area (Å²) in [6.45, 7) is 7.34. The Hall–Kier alpha value is -0.610. The molecule has 0 aromatic carbocycles. The van der Waals surface area contributed by atoms with Crippen molar-refractivity contribution in [2.24, 2.45) is 0 Å². The molecule has 1 atom stereocenters. The Kier molecular flexibility index (Phi) is 4.05. The van der Waals surface area contributed by atoms with Gasteiger partial charge in [-0.2, -0.15) is 0 Å². The van der Waals surface area contributed by atoms with E-state index < -0.39 is 0 Å². The summed E-state index contributed by atoms with van der Waals surface area (Å²) in [5.41, 5.74) is 1.18. The predicted octanol–water partition coefficient (Wildman–Crippen LogP) is 3.60. The summed E-state index contributed by atoms with van der Waals surface area (Å²) < 4.78 is 5.98. The van der Waals surface area contributed by atoms with Gasteiger partial charge in [0.2, 0.25) is 0 Å². The van der Waals surface area contributed by atoms with E-state index in [1.54, 1.807) is 11.3 Å². The fraction of sp³-hybridized carbons (Fsp3) is 0.769. The van der Waals surface area contributed by atoms with Gasteiger partial charge in [-0.05, 0) is 32.6 Å². The van der Waals surface area contributed by atoms with Crippen molar-refractivity contribution in [3.05, 3.63) is 11.1 Å². The SMILES string of the molecule is CCC1(CC)CC(Nc2nc(C)cs2)CCO1. The summed E-state index contributed by atoms with van der Waals surface area (Å²) in [6, 6.07) is 0.509. The third-order valence-corrected chi connectivity index (χ3v) is 4.62. The number of aromatic nitrogens is 1. The lowest BCUT2D eigenvalue weighted by Gasteiger charge is -2.40. The second-order valence-corrected chi connectivity index (χ2v) is 5.72. The molecule has 1 saturated heterocycles. The Morgan fingerprint density at radius 1 is 1.53 bits per heavy atom. The zero-order valence-electron chi connectivity index (χ0n) is 11.0. The van der Waals surface area contributed by atoms with Crippen molar-refractivity contribution in [2.45, 2.75) is 58.1 Å². The molecular weight excluding hydrogens is 232 g/mol. The predicted molar refractivity (Wildman–Crippen MR) is 72.8 cm³/mol. The van der Waals surface area contributed by atoms with E-state index in [0.29, 0.717) is 6.04 Å². The van der Waals surface area contributed by atoms with Crippen molar-refractivity contribution in [3.63, 3.8) is 0 Å². The van der Waals surface area contributed by atoms with Crippen molar-refractivity contribution >= 4 is 16.5 Å². The molecule has 0 amide bonds. The minimum Gasteiger partial charge on any atom is -0.375 e. The lowest BCUT2D eigenvalue weighted by Crippen LogP contribution is -2.43. The molecule has 1 aliphatic heterocycles. The topological polar surface area (TPSA) is 34.2 Å². The maximum atomic E-state index is 5.98. The Bertz CT molecular complexity index is 360. The summed E-state index contributed by atoms with van der Waals surface area (Å²) in [7, 11) is 0. The first-order valence-corrected chi connectivity index (χ1v) is 7.38. The normalized spacial score (nSPS) is 23.6. The number of anilines is 1. The van der Waals surface area contributed by atoms with Crippen LogP contribution in [0.1, 0.15) is 45.2 Å². The molecule has 1 N–H and O–H groups in total. The van der Waals surface area contributed by atoms with E-state index >= 15 is 0 Å². The van der Waals surface area contributed by atoms with Crippen LogP contribution in [0.4, 0.5) is 5.13 Å². The highest BCUT2D eigenvalue weighted by Crippen LogP contribution is 2.33. The quantitative estimate of drug-likeness (QED) is 0.891. The van der Waals surface area contributed by atoms with E-state index in [2.05, 4.69) is 29.5 Å². The van der Waals surface area contributed by atoms with Gasteiger partial charge in [0, 0.05) is 18.0 Å². The van der Waals surface area contributed by atoms with Crippen molar-refractivity contribution in [1.29, 1.82) is 0 Å². The van der Waals surface area contributed by atoms with Crippen LogP contribution in [-0.2, 0) is 4.74 Å². The number of aryl methyl sites for hydroxylation is 1. The average molecular weight is 254 g/mol. The minimum atomic E-state index is 0.0855. The van der Waals surface area contributed by atoms with Crippen molar-refractivity contribution in [1.82, 2.24) is 4.98 Å². The van der Waals surface area contributed by atoms with E-state index in [1.807, 2.05) is 6.92 Å². The first-order valence-electron chi connectivity index (χ1n) is 6.50. The number of hydrogen-bond acceptors (Lipinski definition) is 4. The molecule has 1 fully saturated rings. The molecule has 1 aromatic rings. The second kappa shape index (κ2) is 5.36. The molecule has 4 heteroatoms. The van der Waals surface area contributed by atoms with Crippen molar-refractivity contribution in [3.8, 4) is 0 Å². The zero-order valence-corrected chi connectivity index (χ0v) is 11.8. The van der Waals surface area contributed by atoms with Gasteiger partial charge in [-0.1, -0.05) is 13.8 Å². The number of nitrogens with one attached hydrogen (secondary N) is 1. The van der Waals surface area contributed by atoms with E-state index in [-0.39, 0.29) is 5.60 Å². The molecule has 0 spiro atoms. The summed E-state index contributed by atoms with van der Waals surface area (Å²) in [4.78, 5) is 4.47. The van der Waals surface area contributed by atoms with Gasteiger partial charge >= 0.3 is 0 Å². The van der Waals surface area contributed by atoms with E-state index in [4.69, 9.17) is 4.74 Å². The van der Waals surface area contributed by atoms with E-state index in [9.17, 15) is 0 Å². The van der Waals surface area contributed by atoms with Crippen LogP contribution in [0.5, 0.6) is 0 Å². The van der Waals surface area contributed by atoms with Gasteiger partial charge in [0.1, 0.15) is 0 Å². The molecule has 3 nitrogen and oxygen atoms in total. The highest BCUT2D eigenvalue weighted by molar-refractivity contribution is 7.13. The standard InChI is InChI=1S/C13H22N2OS/c1-4-13(5-2)8-11(6-7-16-13)15-12-14-10(3)9-17-12/h9,11H,4-8H2,1-3H3,(H,14,15). The molecule has 96 valence electrons. The van der Waals surface area contributed by atoms with E-state index in [0.717, 1.165) is 43.1 Å². The van der Waals surface area contributed by atoms with Crippen LogP contribution < -0.4 is 5.32 Å². The van der Waals surface area contributed by atoms with Gasteiger partial charge in [0.05, 0.1) is 11.3 Å². The van der Waals surface area contributed by atoms with Gasteiger partial charge in [0.15, 0.2) is 5.13 Å². The van der Waals surface area contributed by atoms with Gasteiger partial charge in [0.25, 0.3) is 0 Å². The summed E-state index contributed by atoms with van der Waals surface area (Å²) >= 11 is 1.70. The molecule has 1 aliphatic rings. The monoisotopic (exact) mass is 254 g/mol. The third-order valence-electron chi connectivity index (χ3n) is 3.73. The van der Waals surface area contributed by atoms with Crippen molar-refractivity contribution in [2.75, 3.05) is 11.9 Å². The lowest BCUT2D eigenvalue weighted by atomic mass is 9.86. The molecule has 2 heterocycles. The highest BCUT2D eigenvalue weighted by Gasteiger charge is 2.34. The smallest absolute Gasteiger partial charge is 0.183 e. The van der Waals surface area contributed by atoms with Crippen LogP contribution >= 0.6 is 11.3 Å². The highest BCUT2D eigenvalue weighted by atomic mass is 32.1. The Balaban J connectivity index is 1.98. The van der Waals surface area contributed by atoms with Crippen LogP contribution in [0, 0.1) is 6.92 Å². The number of ether oxygens (including phenoxy) is 1. The molecule has 0 radical (unpaired) electrons. The molecule has 17 heavy (non-hydrogen) atoms. The van der Waals surface area contributed by atoms with Gasteiger partial charge in [-0.15, -0.1) is 11.3 Å². The first kappa shape index (κ1) is 12.8. The summed E-state index contributed by atoms with van der Waals surface area (Å²) in [6.07, 6.45) is 4.37. The molecule has 0 bridgehead atoms. The van der Waals surface area contributed by atoms with Crippen molar-refractivity contribution < 1.29 is 4.74 Å². The Morgan fingerprint density at radius 3 is 2.88 bits per heavy atom. The summed E-state index contributed by atoms with van der Waals surface area (Å²) in [5, 5.41) is 6.70. The number of thiazole rings is 1. The summed E-state index contributed by atoms with van der Waals surface area (Å²) in [5.74, 6) is 0. The average Bonchev–Trinajstić information content (AvgIpc) is 2.75. The molecular formula is C13H22N2OS. The maximum absolute atomic E-state index is 5.98. The molecule has 1 unspecified atom stereocenters. The number of rotatable bonds is 4. The second-order valence-electron chi connectivity index (χ2n) is 4.87. The molecule has 1 aromatic heterocycles. The van der Waals surface area contributed by atoms with Crippen LogP contribution in [0.15, 0.2) is 5.38 Å². The molecule has 2 rings (SSSR count). The fourth-order valence-corrected chi connectivity index (χ4v) is 3.25. The first-order chi connectivity index (χ1) is 8.17. The maximum Gasteiger partial charge on any atom is 0.183 e. The zero-order chi connectivity index (χ0) is 12.3. The van der Waals surface area contributed by atoms with Gasteiger partial charge in [-0.25, -0.2) is 4.98 Å². The van der Waals surface area contributed by atoms with Gasteiger partial charge in [-0.3, -0.25) is 0 Å². The largest absolute Gasteiger partial charge is 0.375 e. The Labute approximate surface area is 108 Å². The van der Waals surface area contributed by atoms with Gasteiger partial charge < -0.3 is 10.1 Å². The third kappa shape index (κ3) is 2.99. The van der Waals surface area contributed by atoms with Crippen LogP contribution in [0.2, 0.25) is 0 Å². The fourth-order valence-electron chi connectivity index (χ4n) is 2.49. The van der Waals surface area contributed by atoms with Crippen LogP contribution in [-0.4, -0.2) is 23.2 Å². The van der Waals surface area contributed by atoms with Crippen LogP contribution in [0.25, 0.3) is 0 Å². The van der Waals surface area contributed by atoms with Crippen LogP contribution in [0.3, 0.4) is 0 Å².